The predicted molar refractivity (Wildman–Crippen MR) is 204 cm³/mol. The van der Waals surface area contributed by atoms with Crippen LogP contribution in [0.2, 0.25) is 5.02 Å². The Morgan fingerprint density at radius 1 is 1.05 bits per heavy atom. The molecule has 3 aliphatic heterocycles. The second kappa shape index (κ2) is 16.6. The number of carboxylic acid groups (broad SMARTS) is 1. The molecule has 1 saturated carbocycles. The van der Waals surface area contributed by atoms with Crippen LogP contribution in [0.25, 0.3) is 0 Å². The summed E-state index contributed by atoms with van der Waals surface area (Å²) in [6.45, 7) is 5.34. The number of ether oxygens (including phenoxy) is 2. The maximum absolute atomic E-state index is 14.9. The topological polar surface area (TPSA) is 218 Å². The zero-order valence-electron chi connectivity index (χ0n) is 32.1. The van der Waals surface area contributed by atoms with E-state index in [1.165, 1.54) is 9.80 Å². The number of alkyl carbamates (subject to hydrolysis) is 1. The molecule has 0 spiro atoms. The summed E-state index contributed by atoms with van der Waals surface area (Å²) in [5, 5.41) is 14.2. The number of carbonyl (C=O) groups excluding carboxylic acids is 5. The summed E-state index contributed by atoms with van der Waals surface area (Å²) < 4.78 is 54.8. The van der Waals surface area contributed by atoms with Crippen LogP contribution in [0, 0.1) is 11.7 Å². The summed E-state index contributed by atoms with van der Waals surface area (Å²) in [4.78, 5) is 82.2. The summed E-state index contributed by atoms with van der Waals surface area (Å²) in [7, 11) is -5.07. The Bertz CT molecular complexity index is 2140. The molecule has 312 valence electrons. The standard InChI is InChI=1S/C39H45ClFN5O11S/c1-38(2,3)57-36(52)42-29-14-8-6-4-5-7-13-24-18-39(24,35(51)44-58(54,55)31-16-26(34(49)50)27(40)17-28(31)41)43-32(47)30-15-25(21-46(30)33(29)48)56-37(53)45-19-22-11-9-10-12-23(22)20-45/h7,9-13,16-17,24-25,29-30H,4-6,8,14-15,18-21H2,1-3H3,(H,42,52)(H,43,47)(H,44,51)(H,49,50)/t24-,25-,29+,30+,39-/m1/s1. The maximum Gasteiger partial charge on any atom is 0.410 e. The monoisotopic (exact) mass is 845 g/mol. The third-order valence-corrected chi connectivity index (χ3v) is 12.1. The minimum atomic E-state index is -5.07. The van der Waals surface area contributed by atoms with Gasteiger partial charge in [-0.1, -0.05) is 60.9 Å². The van der Waals surface area contributed by atoms with E-state index in [-0.39, 0.29) is 25.8 Å². The predicted octanol–water partition coefficient (Wildman–Crippen LogP) is 4.39. The summed E-state index contributed by atoms with van der Waals surface area (Å²) in [6.07, 6.45) is 3.20. The van der Waals surface area contributed by atoms with Crippen molar-refractivity contribution in [3.63, 3.8) is 0 Å². The summed E-state index contributed by atoms with van der Waals surface area (Å²) in [5.41, 5.74) is -1.60. The molecule has 19 heteroatoms. The number of halogens is 2. The second-order valence-electron chi connectivity index (χ2n) is 15.9. The Morgan fingerprint density at radius 2 is 1.74 bits per heavy atom. The van der Waals surface area contributed by atoms with E-state index >= 15 is 0 Å². The van der Waals surface area contributed by atoms with E-state index < -0.39 is 102 Å². The van der Waals surface area contributed by atoms with Crippen molar-refractivity contribution in [1.29, 1.82) is 0 Å². The third-order valence-electron chi connectivity index (χ3n) is 10.5. The number of carbonyl (C=O) groups is 6. The molecule has 3 heterocycles. The number of amides is 5. The molecule has 16 nitrogen and oxygen atoms in total. The molecule has 0 aromatic heterocycles. The highest BCUT2D eigenvalue weighted by atomic mass is 35.5. The lowest BCUT2D eigenvalue weighted by molar-refractivity contribution is -0.141. The van der Waals surface area contributed by atoms with E-state index in [2.05, 4.69) is 10.6 Å². The first-order chi connectivity index (χ1) is 27.3. The number of carboxylic acids is 1. The summed E-state index contributed by atoms with van der Waals surface area (Å²) in [6, 6.07) is 5.99. The molecule has 1 saturated heterocycles. The quantitative estimate of drug-likeness (QED) is 0.299. The van der Waals surface area contributed by atoms with Crippen molar-refractivity contribution in [2.45, 2.75) is 113 Å². The molecule has 5 amide bonds. The highest BCUT2D eigenvalue weighted by Crippen LogP contribution is 2.46. The van der Waals surface area contributed by atoms with E-state index in [0.29, 0.717) is 50.9 Å². The minimum Gasteiger partial charge on any atom is -0.478 e. The van der Waals surface area contributed by atoms with Gasteiger partial charge in [-0.3, -0.25) is 19.3 Å². The lowest BCUT2D eigenvalue weighted by atomic mass is 10.0. The molecule has 1 aliphatic carbocycles. The van der Waals surface area contributed by atoms with Crippen molar-refractivity contribution in [3.8, 4) is 0 Å². The molecule has 2 fully saturated rings. The van der Waals surface area contributed by atoms with Crippen molar-refractivity contribution >= 4 is 57.5 Å². The summed E-state index contributed by atoms with van der Waals surface area (Å²) >= 11 is 5.80. The lowest BCUT2D eigenvalue weighted by Gasteiger charge is -2.30. The SMILES string of the molecule is CC(C)(C)OC(=O)N[C@H]1CCCCCC=C[C@@H]2C[C@@]2(C(=O)NS(=O)(=O)c2cc(C(=O)O)c(Cl)cc2F)NC(=O)[C@@H]2C[C@@H](OC(=O)N3Cc4ccccc4C3)CN2C1=O. The largest absolute Gasteiger partial charge is 0.478 e. The van der Waals surface area contributed by atoms with Gasteiger partial charge in [-0.25, -0.2) is 31.9 Å². The third kappa shape index (κ3) is 9.38. The minimum absolute atomic E-state index is 0.0719. The molecular formula is C39H45ClFN5O11S. The Morgan fingerprint density at radius 3 is 2.40 bits per heavy atom. The van der Waals surface area contributed by atoms with Gasteiger partial charge in [0.05, 0.1) is 17.1 Å². The number of hydrogen-bond donors (Lipinski definition) is 4. The molecule has 5 atom stereocenters. The van der Waals surface area contributed by atoms with Gasteiger partial charge in [-0.2, -0.15) is 0 Å². The fourth-order valence-corrected chi connectivity index (χ4v) is 8.82. The highest BCUT2D eigenvalue weighted by Gasteiger charge is 2.62. The number of sulfonamides is 1. The van der Waals surface area contributed by atoms with Crippen LogP contribution < -0.4 is 15.4 Å². The lowest BCUT2D eigenvalue weighted by Crippen LogP contribution is -2.58. The van der Waals surface area contributed by atoms with Crippen molar-refractivity contribution in [2.24, 2.45) is 5.92 Å². The fourth-order valence-electron chi connectivity index (χ4n) is 7.46. The Balaban J connectivity index is 1.28. The number of fused-ring (bicyclic) bond motifs is 3. The van der Waals surface area contributed by atoms with E-state index in [0.717, 1.165) is 11.1 Å². The molecular weight excluding hydrogens is 801 g/mol. The molecule has 2 aromatic carbocycles. The van der Waals surface area contributed by atoms with Gasteiger partial charge in [0.15, 0.2) is 0 Å². The van der Waals surface area contributed by atoms with Gasteiger partial charge in [-0.15, -0.1) is 0 Å². The van der Waals surface area contributed by atoms with Gasteiger partial charge in [0.25, 0.3) is 15.9 Å². The number of nitrogens with one attached hydrogen (secondary N) is 3. The van der Waals surface area contributed by atoms with Gasteiger partial charge in [0, 0.05) is 25.4 Å². The van der Waals surface area contributed by atoms with Crippen molar-refractivity contribution in [2.75, 3.05) is 6.54 Å². The molecule has 0 radical (unpaired) electrons. The number of rotatable bonds is 6. The first-order valence-electron chi connectivity index (χ1n) is 18.9. The van der Waals surface area contributed by atoms with Gasteiger partial charge >= 0.3 is 18.2 Å². The van der Waals surface area contributed by atoms with Crippen molar-refractivity contribution < 1.29 is 56.2 Å². The Labute approximate surface area is 339 Å². The van der Waals surface area contributed by atoms with Gasteiger partial charge < -0.3 is 30.1 Å². The van der Waals surface area contributed by atoms with E-state index in [9.17, 15) is 46.7 Å². The zero-order chi connectivity index (χ0) is 42.2. The molecule has 4 N–H and O–H groups in total. The summed E-state index contributed by atoms with van der Waals surface area (Å²) in [5.74, 6) is -6.55. The number of nitrogens with zero attached hydrogens (tertiary/aromatic N) is 2. The smallest absolute Gasteiger partial charge is 0.410 e. The second-order valence-corrected chi connectivity index (χ2v) is 18.0. The van der Waals surface area contributed by atoms with Crippen LogP contribution in [0.1, 0.15) is 87.2 Å². The fraction of sp³-hybridized carbons (Fsp3) is 0.487. The van der Waals surface area contributed by atoms with Gasteiger partial charge in [-0.05, 0) is 69.7 Å². The average molecular weight is 846 g/mol. The van der Waals surface area contributed by atoms with Crippen LogP contribution in [-0.4, -0.2) is 95.1 Å². The number of allylic oxidation sites excluding steroid dienone is 1. The average Bonchev–Trinajstić information content (AvgIpc) is 3.43. The molecule has 0 bridgehead atoms. The van der Waals surface area contributed by atoms with Crippen molar-refractivity contribution in [3.05, 3.63) is 76.1 Å². The first kappa shape index (κ1) is 42.4. The van der Waals surface area contributed by atoms with Crippen LogP contribution in [0.3, 0.4) is 0 Å². The van der Waals surface area contributed by atoms with Crippen LogP contribution in [0.4, 0.5) is 14.0 Å². The van der Waals surface area contributed by atoms with E-state index in [1.807, 2.05) is 24.3 Å². The molecule has 4 aliphatic rings. The van der Waals surface area contributed by atoms with Crippen molar-refractivity contribution in [1.82, 2.24) is 25.2 Å². The van der Waals surface area contributed by atoms with Gasteiger partial charge in [0.1, 0.15) is 40.0 Å². The normalized spacial score (nSPS) is 24.9. The number of benzene rings is 2. The molecule has 2 aromatic rings. The first-order valence-corrected chi connectivity index (χ1v) is 20.7. The molecule has 0 unspecified atom stereocenters. The van der Waals surface area contributed by atoms with Crippen LogP contribution in [0.5, 0.6) is 0 Å². The molecule has 6 rings (SSSR count). The van der Waals surface area contributed by atoms with E-state index in [4.69, 9.17) is 21.1 Å². The zero-order valence-corrected chi connectivity index (χ0v) is 33.7. The maximum atomic E-state index is 14.9. The number of hydrogen-bond acceptors (Lipinski definition) is 10. The Hall–Kier alpha value is -5.23. The van der Waals surface area contributed by atoms with E-state index in [1.54, 1.807) is 37.6 Å². The number of aromatic carboxylic acids is 1. The van der Waals surface area contributed by atoms with Crippen LogP contribution in [0.15, 0.2) is 53.4 Å². The molecule has 58 heavy (non-hydrogen) atoms. The van der Waals surface area contributed by atoms with Crippen LogP contribution in [-0.2, 0) is 47.0 Å². The van der Waals surface area contributed by atoms with Crippen LogP contribution >= 0.6 is 11.6 Å². The van der Waals surface area contributed by atoms with Gasteiger partial charge in [0.2, 0.25) is 11.8 Å². The highest BCUT2D eigenvalue weighted by molar-refractivity contribution is 7.90. The Kier molecular flexibility index (Phi) is 12.1.